The molecule has 0 fully saturated rings. The van der Waals surface area contributed by atoms with Crippen molar-refractivity contribution in [2.75, 3.05) is 7.11 Å². The number of aromatic nitrogens is 1. The lowest BCUT2D eigenvalue weighted by atomic mass is 10.2. The number of rotatable bonds is 3. The molecule has 1 rings (SSSR count). The molecule has 0 aromatic carbocycles. The first-order valence-corrected chi connectivity index (χ1v) is 3.39. The summed E-state index contributed by atoms with van der Waals surface area (Å²) in [5.41, 5.74) is 2.49. The Morgan fingerprint density at radius 1 is 1.83 bits per heavy atom. The maximum Gasteiger partial charge on any atom is 0.329 e. The molecule has 1 atom stereocenters. The van der Waals surface area contributed by atoms with Gasteiger partial charge < -0.3 is 14.9 Å². The summed E-state index contributed by atoms with van der Waals surface area (Å²) in [7, 11) is 1.26. The number of hydrogen-bond acceptors (Lipinski definition) is 4. The fourth-order valence-electron chi connectivity index (χ4n) is 0.898. The number of methoxy groups -OCH3 is 1. The van der Waals surface area contributed by atoms with Gasteiger partial charge >= 0.3 is 5.97 Å². The molecule has 0 aliphatic heterocycles. The third-order valence-electron chi connectivity index (χ3n) is 1.52. The largest absolute Gasteiger partial charge is 0.468 e. The van der Waals surface area contributed by atoms with Crippen molar-refractivity contribution in [1.29, 1.82) is 0 Å². The third kappa shape index (κ3) is 1.63. The summed E-state index contributed by atoms with van der Waals surface area (Å²) in [6.45, 7) is 0. The first-order chi connectivity index (χ1) is 5.79. The highest BCUT2D eigenvalue weighted by molar-refractivity contribution is 5.77. The zero-order chi connectivity index (χ0) is 8.97. The molecule has 0 aliphatic rings. The van der Waals surface area contributed by atoms with Gasteiger partial charge in [0.25, 0.3) is 0 Å². The molecule has 0 aliphatic carbocycles. The fraction of sp³-hybridized carbons (Fsp3) is 0.286. The van der Waals surface area contributed by atoms with Crippen LogP contribution in [0.5, 0.6) is 0 Å². The average Bonchev–Trinajstić information content (AvgIpc) is 2.58. The van der Waals surface area contributed by atoms with Gasteiger partial charge in [-0.3, -0.25) is 0 Å². The minimum atomic E-state index is -0.818. The van der Waals surface area contributed by atoms with E-state index in [-0.39, 0.29) is 0 Å². The minimum absolute atomic E-state index is 0.530. The van der Waals surface area contributed by atoms with Crippen molar-refractivity contribution < 1.29 is 14.7 Å². The SMILES string of the molecule is COC(=O)[C@H](NO)c1cc[nH]c1. The van der Waals surface area contributed by atoms with Crippen LogP contribution in [0.25, 0.3) is 0 Å². The summed E-state index contributed by atoms with van der Waals surface area (Å²) >= 11 is 0. The van der Waals surface area contributed by atoms with Gasteiger partial charge in [0, 0.05) is 12.4 Å². The topological polar surface area (TPSA) is 74.3 Å². The molecule has 0 spiro atoms. The third-order valence-corrected chi connectivity index (χ3v) is 1.52. The number of carbonyl (C=O) groups excluding carboxylic acids is 1. The molecule has 0 amide bonds. The molecule has 5 nitrogen and oxygen atoms in total. The van der Waals surface area contributed by atoms with Crippen LogP contribution in [-0.2, 0) is 9.53 Å². The minimum Gasteiger partial charge on any atom is -0.468 e. The van der Waals surface area contributed by atoms with Gasteiger partial charge in [-0.2, -0.15) is 5.48 Å². The van der Waals surface area contributed by atoms with Crippen LogP contribution in [-0.4, -0.2) is 23.3 Å². The molecule has 0 radical (unpaired) electrons. The Bertz CT molecular complexity index is 245. The van der Waals surface area contributed by atoms with Crippen molar-refractivity contribution in [3.05, 3.63) is 24.0 Å². The van der Waals surface area contributed by atoms with E-state index in [2.05, 4.69) is 9.72 Å². The van der Waals surface area contributed by atoms with Crippen LogP contribution >= 0.6 is 0 Å². The van der Waals surface area contributed by atoms with Gasteiger partial charge in [0.2, 0.25) is 0 Å². The molecular formula is C7H10N2O3. The molecule has 0 unspecified atom stereocenters. The molecule has 1 heterocycles. The second-order valence-corrected chi connectivity index (χ2v) is 2.23. The molecule has 1 aromatic heterocycles. The van der Waals surface area contributed by atoms with E-state index < -0.39 is 12.0 Å². The van der Waals surface area contributed by atoms with Crippen LogP contribution in [0.15, 0.2) is 18.5 Å². The van der Waals surface area contributed by atoms with Crippen molar-refractivity contribution in [2.24, 2.45) is 0 Å². The zero-order valence-electron chi connectivity index (χ0n) is 6.57. The lowest BCUT2D eigenvalue weighted by molar-refractivity contribution is -0.146. The molecule has 0 saturated carbocycles. The summed E-state index contributed by atoms with van der Waals surface area (Å²) < 4.78 is 4.45. The van der Waals surface area contributed by atoms with E-state index in [4.69, 9.17) is 5.21 Å². The van der Waals surface area contributed by atoms with Crippen molar-refractivity contribution >= 4 is 5.97 Å². The Morgan fingerprint density at radius 3 is 3.00 bits per heavy atom. The summed E-state index contributed by atoms with van der Waals surface area (Å²) in [6, 6.07) is 0.853. The van der Waals surface area contributed by atoms with Crippen molar-refractivity contribution in [2.45, 2.75) is 6.04 Å². The molecule has 0 bridgehead atoms. The summed E-state index contributed by atoms with van der Waals surface area (Å²) in [5, 5.41) is 8.63. The number of esters is 1. The molecule has 0 saturated heterocycles. The smallest absolute Gasteiger partial charge is 0.329 e. The van der Waals surface area contributed by atoms with Crippen LogP contribution in [0.2, 0.25) is 0 Å². The van der Waals surface area contributed by atoms with Crippen molar-refractivity contribution in [3.63, 3.8) is 0 Å². The predicted octanol–water partition coefficient (Wildman–Crippen LogP) is 0.208. The predicted molar refractivity (Wildman–Crippen MR) is 40.5 cm³/mol. The van der Waals surface area contributed by atoms with Crippen molar-refractivity contribution in [1.82, 2.24) is 10.5 Å². The normalized spacial score (nSPS) is 12.5. The van der Waals surface area contributed by atoms with E-state index in [0.717, 1.165) is 0 Å². The maximum absolute atomic E-state index is 11.0. The Kier molecular flexibility index (Phi) is 2.84. The van der Waals surface area contributed by atoms with Gasteiger partial charge in [0.15, 0.2) is 6.04 Å². The first kappa shape index (κ1) is 8.76. The number of H-pyrrole nitrogens is 1. The molecular weight excluding hydrogens is 160 g/mol. The summed E-state index contributed by atoms with van der Waals surface area (Å²) in [6.07, 6.45) is 3.26. The Hall–Kier alpha value is -1.33. The maximum atomic E-state index is 11.0. The standard InChI is InChI=1S/C7H10N2O3/c1-12-7(10)6(9-11)5-2-3-8-4-5/h2-4,6,8-9,11H,1H3/t6-/m1/s1. The van der Waals surface area contributed by atoms with Gasteiger partial charge in [-0.25, -0.2) is 4.79 Å². The van der Waals surface area contributed by atoms with Crippen LogP contribution in [0, 0.1) is 0 Å². The van der Waals surface area contributed by atoms with Gasteiger partial charge in [-0.15, -0.1) is 0 Å². The zero-order valence-corrected chi connectivity index (χ0v) is 6.57. The van der Waals surface area contributed by atoms with Gasteiger partial charge in [-0.1, -0.05) is 0 Å². The van der Waals surface area contributed by atoms with E-state index in [1.54, 1.807) is 18.5 Å². The Balaban J connectivity index is 2.76. The summed E-state index contributed by atoms with van der Waals surface area (Å²) in [4.78, 5) is 13.7. The molecule has 1 aromatic rings. The monoisotopic (exact) mass is 170 g/mol. The molecule has 66 valence electrons. The van der Waals surface area contributed by atoms with Crippen molar-refractivity contribution in [3.8, 4) is 0 Å². The number of hydroxylamine groups is 1. The van der Waals surface area contributed by atoms with Crippen LogP contribution in [0.1, 0.15) is 11.6 Å². The first-order valence-electron chi connectivity index (χ1n) is 3.39. The lowest BCUT2D eigenvalue weighted by Crippen LogP contribution is -2.26. The molecule has 3 N–H and O–H groups in total. The van der Waals surface area contributed by atoms with E-state index in [1.165, 1.54) is 7.11 Å². The van der Waals surface area contributed by atoms with E-state index in [9.17, 15) is 4.79 Å². The van der Waals surface area contributed by atoms with E-state index in [1.807, 2.05) is 5.48 Å². The molecule has 5 heteroatoms. The van der Waals surface area contributed by atoms with E-state index >= 15 is 0 Å². The van der Waals surface area contributed by atoms with Crippen LogP contribution in [0.4, 0.5) is 0 Å². The number of nitrogens with one attached hydrogen (secondary N) is 2. The Labute approximate surface area is 69.3 Å². The van der Waals surface area contributed by atoms with Gasteiger partial charge in [0.1, 0.15) is 0 Å². The fourth-order valence-corrected chi connectivity index (χ4v) is 0.898. The highest BCUT2D eigenvalue weighted by Gasteiger charge is 2.20. The van der Waals surface area contributed by atoms with Crippen LogP contribution < -0.4 is 5.48 Å². The second-order valence-electron chi connectivity index (χ2n) is 2.23. The number of hydrogen-bond donors (Lipinski definition) is 3. The molecule has 12 heavy (non-hydrogen) atoms. The number of ether oxygens (including phenoxy) is 1. The highest BCUT2D eigenvalue weighted by Crippen LogP contribution is 2.11. The highest BCUT2D eigenvalue weighted by atomic mass is 16.5. The number of carbonyl (C=O) groups is 1. The Morgan fingerprint density at radius 2 is 2.58 bits per heavy atom. The number of aromatic amines is 1. The van der Waals surface area contributed by atoms with Crippen LogP contribution in [0.3, 0.4) is 0 Å². The average molecular weight is 170 g/mol. The van der Waals surface area contributed by atoms with Gasteiger partial charge in [-0.05, 0) is 11.6 Å². The summed E-state index contributed by atoms with van der Waals surface area (Å²) in [5.74, 6) is -0.530. The van der Waals surface area contributed by atoms with Gasteiger partial charge in [0.05, 0.1) is 7.11 Å². The second kappa shape index (κ2) is 3.89. The van der Waals surface area contributed by atoms with E-state index in [0.29, 0.717) is 5.56 Å². The quantitative estimate of drug-likeness (QED) is 0.447. The lowest BCUT2D eigenvalue weighted by Gasteiger charge is -2.09.